The summed E-state index contributed by atoms with van der Waals surface area (Å²) in [6.45, 7) is 3.02. The predicted octanol–water partition coefficient (Wildman–Crippen LogP) is 3.29. The highest BCUT2D eigenvalue weighted by Gasteiger charge is 2.06. The normalized spacial score (nSPS) is 10.0. The maximum absolute atomic E-state index is 11.3. The number of hydrogen-bond acceptors (Lipinski definition) is 2. The molecular formula is C17H18N2O2. The lowest BCUT2D eigenvalue weighted by molar-refractivity contribution is -0.116. The minimum Gasteiger partial charge on any atom is -0.326 e. The first-order valence-electron chi connectivity index (χ1n) is 6.70. The van der Waals surface area contributed by atoms with E-state index in [-0.39, 0.29) is 11.8 Å². The van der Waals surface area contributed by atoms with Gasteiger partial charge in [-0.05, 0) is 35.4 Å². The van der Waals surface area contributed by atoms with E-state index in [1.807, 2.05) is 48.5 Å². The molecule has 0 aliphatic rings. The number of hydrogen-bond donors (Lipinski definition) is 1. The van der Waals surface area contributed by atoms with Crippen molar-refractivity contribution < 1.29 is 9.59 Å². The number of amides is 2. The summed E-state index contributed by atoms with van der Waals surface area (Å²) in [5, 5.41) is 2.77. The van der Waals surface area contributed by atoms with E-state index >= 15 is 0 Å². The highest BCUT2D eigenvalue weighted by Crippen LogP contribution is 2.25. The summed E-state index contributed by atoms with van der Waals surface area (Å²) in [5.41, 5.74) is 3.66. The quantitative estimate of drug-likeness (QED) is 0.939. The third kappa shape index (κ3) is 3.69. The van der Waals surface area contributed by atoms with Crippen LogP contribution in [0.5, 0.6) is 0 Å². The molecule has 2 amide bonds. The molecule has 4 heteroatoms. The summed E-state index contributed by atoms with van der Waals surface area (Å²) in [6.07, 6.45) is 0. The lowest BCUT2D eigenvalue weighted by atomic mass is 10.0. The molecule has 2 rings (SSSR count). The van der Waals surface area contributed by atoms with Crippen LogP contribution in [0.3, 0.4) is 0 Å². The van der Waals surface area contributed by atoms with Crippen LogP contribution in [0.25, 0.3) is 11.1 Å². The second-order valence-electron chi connectivity index (χ2n) is 4.89. The van der Waals surface area contributed by atoms with Crippen molar-refractivity contribution in [3.63, 3.8) is 0 Å². The van der Waals surface area contributed by atoms with Gasteiger partial charge in [0.1, 0.15) is 0 Å². The van der Waals surface area contributed by atoms with Gasteiger partial charge >= 0.3 is 0 Å². The van der Waals surface area contributed by atoms with Gasteiger partial charge in [0.2, 0.25) is 11.8 Å². The Labute approximate surface area is 124 Å². The van der Waals surface area contributed by atoms with E-state index in [0.29, 0.717) is 0 Å². The second kappa shape index (κ2) is 6.22. The fraction of sp³-hybridized carbons (Fsp3) is 0.176. The Balaban J connectivity index is 2.26. The number of rotatable bonds is 3. The minimum absolute atomic E-state index is 0.00425. The van der Waals surface area contributed by atoms with Gasteiger partial charge in [0.15, 0.2) is 0 Å². The Hall–Kier alpha value is -2.62. The van der Waals surface area contributed by atoms with Crippen LogP contribution in [0, 0.1) is 0 Å². The molecule has 21 heavy (non-hydrogen) atoms. The van der Waals surface area contributed by atoms with Crippen molar-refractivity contribution in [3.8, 4) is 11.1 Å². The van der Waals surface area contributed by atoms with Gasteiger partial charge < -0.3 is 10.2 Å². The van der Waals surface area contributed by atoms with Gasteiger partial charge in [0, 0.05) is 32.3 Å². The molecule has 108 valence electrons. The van der Waals surface area contributed by atoms with E-state index in [4.69, 9.17) is 0 Å². The van der Waals surface area contributed by atoms with Gasteiger partial charge in [-0.25, -0.2) is 0 Å². The Morgan fingerprint density at radius 3 is 2.19 bits per heavy atom. The van der Waals surface area contributed by atoms with Crippen LogP contribution in [0.1, 0.15) is 13.8 Å². The lowest BCUT2D eigenvalue weighted by Gasteiger charge is -2.15. The molecule has 0 heterocycles. The van der Waals surface area contributed by atoms with Crippen LogP contribution in [0.2, 0.25) is 0 Å². The third-order valence-electron chi connectivity index (χ3n) is 3.24. The molecule has 0 saturated carbocycles. The number of benzene rings is 2. The molecule has 0 atom stereocenters. The van der Waals surface area contributed by atoms with Gasteiger partial charge in [-0.2, -0.15) is 0 Å². The standard InChI is InChI=1S/C17H18N2O2/c1-12(20)18-16-6-4-5-15(11-16)14-7-9-17(10-8-14)19(3)13(2)21/h4-11H,1-3H3,(H,18,20). The van der Waals surface area contributed by atoms with Crippen molar-refractivity contribution in [2.45, 2.75) is 13.8 Å². The van der Waals surface area contributed by atoms with Crippen molar-refractivity contribution in [2.75, 3.05) is 17.3 Å². The topological polar surface area (TPSA) is 49.4 Å². The number of nitrogens with one attached hydrogen (secondary N) is 1. The number of anilines is 2. The summed E-state index contributed by atoms with van der Waals surface area (Å²) in [6, 6.07) is 15.4. The maximum atomic E-state index is 11.3. The molecule has 0 aliphatic carbocycles. The summed E-state index contributed by atoms with van der Waals surface area (Å²) >= 11 is 0. The summed E-state index contributed by atoms with van der Waals surface area (Å²) in [7, 11) is 1.74. The highest BCUT2D eigenvalue weighted by molar-refractivity contribution is 5.91. The number of carbonyl (C=O) groups is 2. The van der Waals surface area contributed by atoms with Crippen LogP contribution in [0.15, 0.2) is 48.5 Å². The zero-order chi connectivity index (χ0) is 15.4. The molecule has 0 radical (unpaired) electrons. The summed E-state index contributed by atoms with van der Waals surface area (Å²) < 4.78 is 0. The molecule has 0 aromatic heterocycles. The fourth-order valence-electron chi connectivity index (χ4n) is 2.04. The first kappa shape index (κ1) is 14.8. The average Bonchev–Trinajstić information content (AvgIpc) is 2.46. The zero-order valence-electron chi connectivity index (χ0n) is 12.4. The van der Waals surface area contributed by atoms with E-state index in [9.17, 15) is 9.59 Å². The molecule has 0 spiro atoms. The molecule has 0 fully saturated rings. The monoisotopic (exact) mass is 282 g/mol. The fourth-order valence-corrected chi connectivity index (χ4v) is 2.04. The van der Waals surface area contributed by atoms with E-state index in [1.165, 1.54) is 13.8 Å². The first-order chi connectivity index (χ1) is 9.97. The second-order valence-corrected chi connectivity index (χ2v) is 4.89. The van der Waals surface area contributed by atoms with Crippen LogP contribution in [0.4, 0.5) is 11.4 Å². The predicted molar refractivity (Wildman–Crippen MR) is 85.3 cm³/mol. The Kier molecular flexibility index (Phi) is 4.38. The Bertz CT molecular complexity index is 663. The highest BCUT2D eigenvalue weighted by atomic mass is 16.2. The Morgan fingerprint density at radius 2 is 1.62 bits per heavy atom. The molecule has 4 nitrogen and oxygen atoms in total. The number of carbonyl (C=O) groups excluding carboxylic acids is 2. The molecule has 2 aromatic carbocycles. The largest absolute Gasteiger partial charge is 0.326 e. The van der Waals surface area contributed by atoms with Gasteiger partial charge in [0.25, 0.3) is 0 Å². The smallest absolute Gasteiger partial charge is 0.223 e. The molecule has 0 aliphatic heterocycles. The molecule has 0 bridgehead atoms. The van der Waals surface area contributed by atoms with Crippen molar-refractivity contribution in [1.82, 2.24) is 0 Å². The lowest BCUT2D eigenvalue weighted by Crippen LogP contribution is -2.22. The van der Waals surface area contributed by atoms with E-state index in [2.05, 4.69) is 5.32 Å². The van der Waals surface area contributed by atoms with Gasteiger partial charge in [-0.15, -0.1) is 0 Å². The van der Waals surface area contributed by atoms with Gasteiger partial charge in [-0.1, -0.05) is 24.3 Å². The van der Waals surface area contributed by atoms with Gasteiger partial charge in [-0.3, -0.25) is 9.59 Å². The van der Waals surface area contributed by atoms with Crippen molar-refractivity contribution in [3.05, 3.63) is 48.5 Å². The summed E-state index contributed by atoms with van der Waals surface area (Å²) in [4.78, 5) is 24.0. The molecule has 1 N–H and O–H groups in total. The van der Waals surface area contributed by atoms with Crippen LogP contribution >= 0.6 is 0 Å². The molecule has 2 aromatic rings. The summed E-state index contributed by atoms with van der Waals surface area (Å²) in [5.74, 6) is -0.0963. The molecule has 0 unspecified atom stereocenters. The van der Waals surface area contributed by atoms with E-state index in [0.717, 1.165) is 22.5 Å². The maximum Gasteiger partial charge on any atom is 0.223 e. The first-order valence-corrected chi connectivity index (χ1v) is 6.70. The third-order valence-corrected chi connectivity index (χ3v) is 3.24. The van der Waals surface area contributed by atoms with E-state index in [1.54, 1.807) is 11.9 Å². The van der Waals surface area contributed by atoms with E-state index < -0.39 is 0 Å². The van der Waals surface area contributed by atoms with Crippen molar-refractivity contribution in [2.24, 2.45) is 0 Å². The van der Waals surface area contributed by atoms with Crippen LogP contribution in [-0.2, 0) is 9.59 Å². The van der Waals surface area contributed by atoms with Crippen molar-refractivity contribution in [1.29, 1.82) is 0 Å². The van der Waals surface area contributed by atoms with Crippen molar-refractivity contribution >= 4 is 23.2 Å². The zero-order valence-corrected chi connectivity index (χ0v) is 12.4. The van der Waals surface area contributed by atoms with Gasteiger partial charge in [0.05, 0.1) is 0 Å². The molecule has 0 saturated heterocycles. The minimum atomic E-state index is -0.0921. The Morgan fingerprint density at radius 1 is 0.952 bits per heavy atom. The average molecular weight is 282 g/mol. The number of nitrogens with zero attached hydrogens (tertiary/aromatic N) is 1. The molecular weight excluding hydrogens is 264 g/mol. The van der Waals surface area contributed by atoms with Crippen LogP contribution in [-0.4, -0.2) is 18.9 Å². The van der Waals surface area contributed by atoms with Crippen LogP contribution < -0.4 is 10.2 Å². The SMILES string of the molecule is CC(=O)Nc1cccc(-c2ccc(N(C)C(C)=O)cc2)c1.